The summed E-state index contributed by atoms with van der Waals surface area (Å²) in [7, 11) is -3.56. The summed E-state index contributed by atoms with van der Waals surface area (Å²) in [5.74, 6) is 0.980. The van der Waals surface area contributed by atoms with E-state index in [1.165, 1.54) is 0 Å². The van der Waals surface area contributed by atoms with Crippen molar-refractivity contribution in [2.24, 2.45) is 5.92 Å². The van der Waals surface area contributed by atoms with E-state index in [2.05, 4.69) is 46.4 Å². The lowest BCUT2D eigenvalue weighted by molar-refractivity contribution is 0.526. The summed E-state index contributed by atoms with van der Waals surface area (Å²) in [5.41, 5.74) is 2.51. The monoisotopic (exact) mass is 401 g/mol. The molecule has 0 amide bonds. The highest BCUT2D eigenvalue weighted by molar-refractivity contribution is 7.90. The normalized spacial score (nSPS) is 13.4. The SMILES string of the molecule is CC(C)CC(Nc1nc(S(C)(=O)=O)nc2c(C(C)C)cnn12)c1ccccc1. The van der Waals surface area contributed by atoms with Crippen molar-refractivity contribution in [2.45, 2.75) is 51.2 Å². The predicted octanol–water partition coefficient (Wildman–Crippen LogP) is 3.85. The second kappa shape index (κ2) is 7.87. The summed E-state index contributed by atoms with van der Waals surface area (Å²) in [6.45, 7) is 8.36. The Bertz CT molecular complexity index is 1060. The van der Waals surface area contributed by atoms with Gasteiger partial charge in [0.2, 0.25) is 15.8 Å². The zero-order chi connectivity index (χ0) is 20.5. The molecule has 0 aliphatic rings. The highest BCUT2D eigenvalue weighted by Crippen LogP contribution is 2.27. The van der Waals surface area contributed by atoms with Crippen LogP contribution < -0.4 is 5.32 Å². The van der Waals surface area contributed by atoms with Gasteiger partial charge in [-0.1, -0.05) is 58.0 Å². The number of fused-ring (bicyclic) bond motifs is 1. The first-order valence-electron chi connectivity index (χ1n) is 9.44. The van der Waals surface area contributed by atoms with Crippen molar-refractivity contribution in [2.75, 3.05) is 11.6 Å². The molecule has 0 saturated heterocycles. The van der Waals surface area contributed by atoms with Crippen molar-refractivity contribution in [3.8, 4) is 0 Å². The smallest absolute Gasteiger partial charge is 0.252 e. The first-order valence-corrected chi connectivity index (χ1v) is 11.3. The van der Waals surface area contributed by atoms with Gasteiger partial charge in [0.25, 0.3) is 5.16 Å². The molecule has 0 fully saturated rings. The summed E-state index contributed by atoms with van der Waals surface area (Å²) in [6, 6.07) is 10.0. The number of aromatic nitrogens is 4. The van der Waals surface area contributed by atoms with Gasteiger partial charge in [-0.05, 0) is 23.8 Å². The molecule has 1 aromatic carbocycles. The molecule has 8 heteroatoms. The number of sulfone groups is 1. The van der Waals surface area contributed by atoms with Gasteiger partial charge in [0.1, 0.15) is 0 Å². The van der Waals surface area contributed by atoms with Crippen LogP contribution in [0.15, 0.2) is 41.7 Å². The van der Waals surface area contributed by atoms with E-state index in [4.69, 9.17) is 0 Å². The third-order valence-electron chi connectivity index (χ3n) is 4.54. The summed E-state index contributed by atoms with van der Waals surface area (Å²) < 4.78 is 26.0. The summed E-state index contributed by atoms with van der Waals surface area (Å²) in [4.78, 5) is 8.60. The van der Waals surface area contributed by atoms with Gasteiger partial charge in [0.05, 0.1) is 12.2 Å². The number of anilines is 1. The Balaban J connectivity index is 2.14. The molecule has 0 spiro atoms. The zero-order valence-corrected chi connectivity index (χ0v) is 17.7. The minimum Gasteiger partial charge on any atom is -0.347 e. The fraction of sp³-hybridized carbons (Fsp3) is 0.450. The highest BCUT2D eigenvalue weighted by atomic mass is 32.2. The number of nitrogens with one attached hydrogen (secondary N) is 1. The van der Waals surface area contributed by atoms with Crippen LogP contribution in [0.4, 0.5) is 5.95 Å². The number of benzene rings is 1. The second-order valence-electron chi connectivity index (χ2n) is 7.83. The van der Waals surface area contributed by atoms with E-state index >= 15 is 0 Å². The molecule has 3 aromatic rings. The van der Waals surface area contributed by atoms with Crippen LogP contribution in [-0.2, 0) is 9.84 Å². The topological polar surface area (TPSA) is 89.2 Å². The summed E-state index contributed by atoms with van der Waals surface area (Å²) in [5, 5.41) is 7.65. The van der Waals surface area contributed by atoms with Crippen molar-refractivity contribution in [1.82, 2.24) is 19.6 Å². The van der Waals surface area contributed by atoms with E-state index in [1.54, 1.807) is 10.7 Å². The van der Waals surface area contributed by atoms with Gasteiger partial charge in [-0.2, -0.15) is 19.6 Å². The van der Waals surface area contributed by atoms with Crippen LogP contribution >= 0.6 is 0 Å². The van der Waals surface area contributed by atoms with Crippen LogP contribution in [0.3, 0.4) is 0 Å². The molecule has 0 aliphatic heterocycles. The molecule has 1 atom stereocenters. The molecule has 7 nitrogen and oxygen atoms in total. The van der Waals surface area contributed by atoms with E-state index in [9.17, 15) is 8.42 Å². The van der Waals surface area contributed by atoms with E-state index in [0.717, 1.165) is 23.8 Å². The molecule has 2 heterocycles. The van der Waals surface area contributed by atoms with Crippen LogP contribution in [0.5, 0.6) is 0 Å². The van der Waals surface area contributed by atoms with Gasteiger partial charge in [-0.15, -0.1) is 0 Å². The van der Waals surface area contributed by atoms with Gasteiger partial charge in [0.15, 0.2) is 5.65 Å². The maximum Gasteiger partial charge on any atom is 0.252 e. The molecule has 0 radical (unpaired) electrons. The van der Waals surface area contributed by atoms with Crippen LogP contribution in [0.1, 0.15) is 57.2 Å². The number of rotatable bonds is 7. The predicted molar refractivity (Wildman–Crippen MR) is 110 cm³/mol. The summed E-state index contributed by atoms with van der Waals surface area (Å²) in [6.07, 6.45) is 3.71. The largest absolute Gasteiger partial charge is 0.347 e. The Morgan fingerprint density at radius 1 is 1.07 bits per heavy atom. The van der Waals surface area contributed by atoms with Gasteiger partial charge >= 0.3 is 0 Å². The molecule has 28 heavy (non-hydrogen) atoms. The van der Waals surface area contributed by atoms with Gasteiger partial charge in [-0.25, -0.2) is 8.42 Å². The summed E-state index contributed by atoms with van der Waals surface area (Å²) >= 11 is 0. The van der Waals surface area contributed by atoms with Crippen LogP contribution in [0.25, 0.3) is 5.65 Å². The van der Waals surface area contributed by atoms with Crippen LogP contribution in [0.2, 0.25) is 0 Å². The molecular weight excluding hydrogens is 374 g/mol. The minimum absolute atomic E-state index is 0.0292. The highest BCUT2D eigenvalue weighted by Gasteiger charge is 2.22. The number of hydrogen-bond donors (Lipinski definition) is 1. The van der Waals surface area contributed by atoms with E-state index in [1.807, 2.05) is 32.0 Å². The van der Waals surface area contributed by atoms with Gasteiger partial charge in [0, 0.05) is 11.8 Å². The van der Waals surface area contributed by atoms with Crippen molar-refractivity contribution in [1.29, 1.82) is 0 Å². The van der Waals surface area contributed by atoms with Crippen LogP contribution in [0, 0.1) is 5.92 Å². The Kier molecular flexibility index (Phi) is 5.69. The van der Waals surface area contributed by atoms with Crippen molar-refractivity contribution < 1.29 is 8.42 Å². The molecule has 0 bridgehead atoms. The molecular formula is C20H27N5O2S. The molecule has 1 N–H and O–H groups in total. The van der Waals surface area contributed by atoms with Crippen molar-refractivity contribution in [3.63, 3.8) is 0 Å². The Labute approximate surface area is 166 Å². The standard InChI is InChI=1S/C20H27N5O2S/c1-13(2)11-17(15-9-7-6-8-10-15)22-19-24-20(28(5,26)27)23-18-16(14(3)4)12-21-25(18)19/h6-10,12-14,17H,11H2,1-5H3,(H,22,23,24). The molecule has 3 rings (SSSR count). The first-order chi connectivity index (χ1) is 13.2. The first kappa shape index (κ1) is 20.3. The minimum atomic E-state index is -3.56. The Hall–Kier alpha value is -2.48. The van der Waals surface area contributed by atoms with E-state index < -0.39 is 9.84 Å². The zero-order valence-electron chi connectivity index (χ0n) is 16.9. The second-order valence-corrected chi connectivity index (χ2v) is 9.74. The average Bonchev–Trinajstić information content (AvgIpc) is 3.05. The Morgan fingerprint density at radius 3 is 2.32 bits per heavy atom. The van der Waals surface area contributed by atoms with Gasteiger partial charge < -0.3 is 5.32 Å². The fourth-order valence-corrected chi connectivity index (χ4v) is 3.64. The molecule has 0 aliphatic carbocycles. The average molecular weight is 402 g/mol. The van der Waals surface area contributed by atoms with Crippen LogP contribution in [-0.4, -0.2) is 34.3 Å². The maximum atomic E-state index is 12.2. The molecule has 2 aromatic heterocycles. The lowest BCUT2D eigenvalue weighted by Crippen LogP contribution is -2.19. The third kappa shape index (κ3) is 4.32. The molecule has 1 unspecified atom stereocenters. The van der Waals surface area contributed by atoms with E-state index in [-0.39, 0.29) is 17.1 Å². The lowest BCUT2D eigenvalue weighted by Gasteiger charge is -2.22. The van der Waals surface area contributed by atoms with Crippen molar-refractivity contribution >= 4 is 21.4 Å². The molecule has 150 valence electrons. The maximum absolute atomic E-state index is 12.2. The fourth-order valence-electron chi connectivity index (χ4n) is 3.13. The van der Waals surface area contributed by atoms with Crippen molar-refractivity contribution in [3.05, 3.63) is 47.7 Å². The molecule has 0 saturated carbocycles. The quantitative estimate of drug-likeness (QED) is 0.647. The number of hydrogen-bond acceptors (Lipinski definition) is 6. The lowest BCUT2D eigenvalue weighted by atomic mass is 9.97. The third-order valence-corrected chi connectivity index (χ3v) is 5.39. The number of nitrogens with zero attached hydrogens (tertiary/aromatic N) is 4. The van der Waals surface area contributed by atoms with E-state index in [0.29, 0.717) is 17.5 Å². The Morgan fingerprint density at radius 2 is 1.75 bits per heavy atom. The van der Waals surface area contributed by atoms with Gasteiger partial charge in [-0.3, -0.25) is 0 Å².